The highest BCUT2D eigenvalue weighted by atomic mass is 35.5. The molecule has 0 saturated carbocycles. The topological polar surface area (TPSA) is 82.1 Å². The number of halogens is 1. The Labute approximate surface area is 211 Å². The number of methoxy groups -OCH3 is 1. The summed E-state index contributed by atoms with van der Waals surface area (Å²) in [5, 5.41) is 1.89. The van der Waals surface area contributed by atoms with Gasteiger partial charge in [0.1, 0.15) is 0 Å². The van der Waals surface area contributed by atoms with E-state index in [9.17, 15) is 14.4 Å². The third kappa shape index (κ3) is 5.44. The summed E-state index contributed by atoms with van der Waals surface area (Å²) < 4.78 is 15.7. The van der Waals surface area contributed by atoms with Crippen LogP contribution in [0.3, 0.4) is 0 Å². The van der Waals surface area contributed by atoms with Crippen LogP contribution in [0.4, 0.5) is 4.79 Å². The fourth-order valence-electron chi connectivity index (χ4n) is 3.65. The third-order valence-electron chi connectivity index (χ3n) is 5.27. The van der Waals surface area contributed by atoms with Gasteiger partial charge in [0.2, 0.25) is 0 Å². The van der Waals surface area contributed by atoms with Crippen molar-refractivity contribution in [2.24, 2.45) is 0 Å². The van der Waals surface area contributed by atoms with E-state index >= 15 is 0 Å². The van der Waals surface area contributed by atoms with Crippen LogP contribution in [0.25, 0.3) is 16.8 Å². The van der Waals surface area contributed by atoms with E-state index in [4.69, 9.17) is 21.1 Å². The number of esters is 1. The first kappa shape index (κ1) is 24.6. The molecule has 1 aliphatic rings. The lowest BCUT2D eigenvalue weighted by Gasteiger charge is -2.15. The maximum atomic E-state index is 13.1. The van der Waals surface area contributed by atoms with E-state index in [2.05, 4.69) is 4.74 Å². The van der Waals surface area contributed by atoms with E-state index in [1.54, 1.807) is 25.1 Å². The normalized spacial score (nSPS) is 14.6. The standard InChI is InChI=1S/C26H22ClNO6S/c1-3-33-21-12-16(11-20(27)24(21)34-15-23(29)32-2)13-22-25(30)28(26(31)35-22)14-18-9-6-8-17-7-4-5-10-19(17)18/h4-13H,3,14-15H2,1-2H3/b22-13+. The lowest BCUT2D eigenvalue weighted by molar-refractivity contribution is -0.142. The van der Waals surface area contributed by atoms with Crippen LogP contribution >= 0.6 is 23.4 Å². The molecular weight excluding hydrogens is 490 g/mol. The van der Waals surface area contributed by atoms with Gasteiger partial charge >= 0.3 is 5.97 Å². The first-order chi connectivity index (χ1) is 16.9. The number of ether oxygens (including phenoxy) is 3. The maximum absolute atomic E-state index is 13.1. The Morgan fingerprint density at radius 2 is 1.86 bits per heavy atom. The lowest BCUT2D eigenvalue weighted by atomic mass is 10.0. The first-order valence-corrected chi connectivity index (χ1v) is 12.0. The molecule has 35 heavy (non-hydrogen) atoms. The van der Waals surface area contributed by atoms with Crippen molar-refractivity contribution in [3.63, 3.8) is 0 Å². The van der Waals surface area contributed by atoms with E-state index in [-0.39, 0.29) is 40.0 Å². The third-order valence-corrected chi connectivity index (χ3v) is 6.46. The molecular formula is C26H22ClNO6S. The molecule has 0 spiro atoms. The minimum absolute atomic E-state index is 0.175. The smallest absolute Gasteiger partial charge is 0.343 e. The summed E-state index contributed by atoms with van der Waals surface area (Å²) in [6, 6.07) is 16.9. The summed E-state index contributed by atoms with van der Waals surface area (Å²) in [7, 11) is 1.26. The lowest BCUT2D eigenvalue weighted by Crippen LogP contribution is -2.27. The number of benzene rings is 3. The summed E-state index contributed by atoms with van der Waals surface area (Å²) in [6.45, 7) is 1.97. The predicted octanol–water partition coefficient (Wildman–Crippen LogP) is 5.68. The highest BCUT2D eigenvalue weighted by Crippen LogP contribution is 2.39. The predicted molar refractivity (Wildman–Crippen MR) is 136 cm³/mol. The van der Waals surface area contributed by atoms with Gasteiger partial charge in [-0.2, -0.15) is 0 Å². The number of rotatable bonds is 8. The van der Waals surface area contributed by atoms with Gasteiger partial charge in [0.15, 0.2) is 18.1 Å². The molecule has 1 saturated heterocycles. The summed E-state index contributed by atoms with van der Waals surface area (Å²) in [5.74, 6) is -0.439. The molecule has 0 aliphatic carbocycles. The van der Waals surface area contributed by atoms with Gasteiger partial charge in [0.25, 0.3) is 11.1 Å². The molecule has 1 aliphatic heterocycles. The second kappa shape index (κ2) is 10.8. The molecule has 9 heteroatoms. The van der Waals surface area contributed by atoms with Crippen molar-refractivity contribution in [3.05, 3.63) is 75.7 Å². The largest absolute Gasteiger partial charge is 0.490 e. The number of nitrogens with zero attached hydrogens (tertiary/aromatic N) is 1. The Kier molecular flexibility index (Phi) is 7.63. The fraction of sp³-hybridized carbons (Fsp3) is 0.192. The van der Waals surface area contributed by atoms with Crippen LogP contribution < -0.4 is 9.47 Å². The van der Waals surface area contributed by atoms with Crippen molar-refractivity contribution in [2.75, 3.05) is 20.3 Å². The average Bonchev–Trinajstić information content (AvgIpc) is 3.11. The first-order valence-electron chi connectivity index (χ1n) is 10.8. The van der Waals surface area contributed by atoms with E-state index in [0.717, 1.165) is 28.1 Å². The fourth-order valence-corrected chi connectivity index (χ4v) is 4.76. The number of imide groups is 1. The monoisotopic (exact) mass is 511 g/mol. The number of hydrogen-bond donors (Lipinski definition) is 0. The molecule has 0 aromatic heterocycles. The summed E-state index contributed by atoms with van der Waals surface area (Å²) >= 11 is 7.25. The van der Waals surface area contributed by atoms with Crippen molar-refractivity contribution in [1.29, 1.82) is 0 Å². The summed E-state index contributed by atoms with van der Waals surface area (Å²) in [4.78, 5) is 38.8. The number of carbonyl (C=O) groups is 3. The van der Waals surface area contributed by atoms with E-state index in [1.165, 1.54) is 12.0 Å². The zero-order valence-corrected chi connectivity index (χ0v) is 20.7. The maximum Gasteiger partial charge on any atom is 0.343 e. The number of fused-ring (bicyclic) bond motifs is 1. The van der Waals surface area contributed by atoms with E-state index < -0.39 is 5.97 Å². The second-order valence-electron chi connectivity index (χ2n) is 7.53. The van der Waals surface area contributed by atoms with Crippen LogP contribution in [0.1, 0.15) is 18.1 Å². The SMILES string of the molecule is CCOc1cc(/C=C2/SC(=O)N(Cc3cccc4ccccc34)C2=O)cc(Cl)c1OCC(=O)OC. The molecule has 0 N–H and O–H groups in total. The van der Waals surface area contributed by atoms with Gasteiger partial charge in [-0.05, 0) is 58.8 Å². The van der Waals surface area contributed by atoms with Gasteiger partial charge in [-0.25, -0.2) is 4.79 Å². The van der Waals surface area contributed by atoms with E-state index in [0.29, 0.717) is 17.9 Å². The number of thioether (sulfide) groups is 1. The second-order valence-corrected chi connectivity index (χ2v) is 8.93. The van der Waals surface area contributed by atoms with Crippen molar-refractivity contribution in [1.82, 2.24) is 4.90 Å². The molecule has 0 radical (unpaired) electrons. The van der Waals surface area contributed by atoms with Gasteiger partial charge in [-0.3, -0.25) is 14.5 Å². The van der Waals surface area contributed by atoms with Crippen LogP contribution in [0.2, 0.25) is 5.02 Å². The van der Waals surface area contributed by atoms with Crippen LogP contribution in [-0.2, 0) is 20.9 Å². The van der Waals surface area contributed by atoms with Crippen LogP contribution in [0, 0.1) is 0 Å². The summed E-state index contributed by atoms with van der Waals surface area (Å²) in [6.07, 6.45) is 1.59. The number of amides is 2. The molecule has 3 aromatic carbocycles. The Morgan fingerprint density at radius 3 is 2.63 bits per heavy atom. The summed E-state index contributed by atoms with van der Waals surface area (Å²) in [5.41, 5.74) is 1.44. The van der Waals surface area contributed by atoms with Gasteiger partial charge < -0.3 is 14.2 Å². The van der Waals surface area contributed by atoms with Crippen molar-refractivity contribution < 1.29 is 28.6 Å². The van der Waals surface area contributed by atoms with E-state index in [1.807, 2.05) is 42.5 Å². The van der Waals surface area contributed by atoms with Gasteiger partial charge in [-0.15, -0.1) is 0 Å². The molecule has 180 valence electrons. The Balaban J connectivity index is 1.59. The molecule has 0 unspecified atom stereocenters. The Hall–Kier alpha value is -3.49. The molecule has 2 amide bonds. The molecule has 4 rings (SSSR count). The molecule has 1 heterocycles. The minimum Gasteiger partial charge on any atom is -0.490 e. The number of carbonyl (C=O) groups excluding carboxylic acids is 3. The number of hydrogen-bond acceptors (Lipinski definition) is 7. The van der Waals surface area contributed by atoms with Gasteiger partial charge in [0, 0.05) is 0 Å². The van der Waals surface area contributed by atoms with Crippen molar-refractivity contribution >= 4 is 57.3 Å². The molecule has 1 fully saturated rings. The minimum atomic E-state index is -0.563. The molecule has 7 nitrogen and oxygen atoms in total. The van der Waals surface area contributed by atoms with Crippen molar-refractivity contribution in [2.45, 2.75) is 13.5 Å². The molecule has 0 atom stereocenters. The van der Waals surface area contributed by atoms with Crippen molar-refractivity contribution in [3.8, 4) is 11.5 Å². The highest BCUT2D eigenvalue weighted by molar-refractivity contribution is 8.18. The Morgan fingerprint density at radius 1 is 1.09 bits per heavy atom. The van der Waals surface area contributed by atoms with Gasteiger partial charge in [0.05, 0.1) is 30.2 Å². The quantitative estimate of drug-likeness (QED) is 0.284. The zero-order chi connectivity index (χ0) is 24.9. The van der Waals surface area contributed by atoms with Gasteiger partial charge in [-0.1, -0.05) is 54.1 Å². The molecule has 0 bridgehead atoms. The van der Waals surface area contributed by atoms with Crippen LogP contribution in [0.15, 0.2) is 59.5 Å². The molecule has 3 aromatic rings. The van der Waals surface area contributed by atoms with Crippen LogP contribution in [-0.4, -0.2) is 42.3 Å². The average molecular weight is 512 g/mol. The zero-order valence-electron chi connectivity index (χ0n) is 19.1. The highest BCUT2D eigenvalue weighted by Gasteiger charge is 2.35. The Bertz CT molecular complexity index is 1330. The van der Waals surface area contributed by atoms with Crippen LogP contribution in [0.5, 0.6) is 11.5 Å².